The predicted molar refractivity (Wildman–Crippen MR) is 69.6 cm³/mol. The smallest absolute Gasteiger partial charge is 0.163 e. The molecule has 2 nitrogen and oxygen atoms in total. The maximum absolute atomic E-state index is 5.28. The first-order valence-electron chi connectivity index (χ1n) is 5.94. The van der Waals surface area contributed by atoms with Crippen molar-refractivity contribution in [3.63, 3.8) is 0 Å². The van der Waals surface area contributed by atoms with E-state index in [1.54, 1.807) is 14.2 Å². The van der Waals surface area contributed by atoms with Crippen LogP contribution in [0.2, 0.25) is 0 Å². The molecule has 0 saturated carbocycles. The van der Waals surface area contributed by atoms with E-state index in [9.17, 15) is 0 Å². The van der Waals surface area contributed by atoms with Crippen molar-refractivity contribution in [1.29, 1.82) is 0 Å². The molecule has 0 aliphatic rings. The van der Waals surface area contributed by atoms with E-state index in [4.69, 9.17) is 9.47 Å². The molecule has 0 N–H and O–H groups in total. The molecule has 0 heterocycles. The van der Waals surface area contributed by atoms with Crippen LogP contribution in [0, 0.1) is 6.92 Å². The average molecular weight is 224 g/mol. The van der Waals surface area contributed by atoms with Gasteiger partial charge in [-0.3, -0.25) is 0 Å². The van der Waals surface area contributed by atoms with Gasteiger partial charge in [0.25, 0.3) is 0 Å². The van der Waals surface area contributed by atoms with E-state index >= 15 is 0 Å². The molecule has 92 valence electrons. The predicted octanol–water partition coefficient (Wildman–Crippen LogP) is 3.99. The van der Waals surface area contributed by atoms with Crippen LogP contribution >= 0.6 is 0 Å². The molecule has 0 aliphatic heterocycles. The normalized spacial score (nSPS) is 9.12. The van der Waals surface area contributed by atoms with Crippen molar-refractivity contribution in [3.05, 3.63) is 23.3 Å². The summed E-state index contributed by atoms with van der Waals surface area (Å²) in [6, 6.07) is 4.21. The second kappa shape index (κ2) is 8.03. The molecule has 0 aromatic heterocycles. The third kappa shape index (κ3) is 3.76. The van der Waals surface area contributed by atoms with Gasteiger partial charge in [0.15, 0.2) is 11.5 Å². The molecule has 0 fully saturated rings. The monoisotopic (exact) mass is 224 g/mol. The second-order valence-corrected chi connectivity index (χ2v) is 3.40. The minimum atomic E-state index is 0.830. The molecule has 16 heavy (non-hydrogen) atoms. The highest BCUT2D eigenvalue weighted by atomic mass is 16.5. The van der Waals surface area contributed by atoms with E-state index in [1.807, 2.05) is 20.8 Å². The van der Waals surface area contributed by atoms with Gasteiger partial charge in [-0.2, -0.15) is 0 Å². The van der Waals surface area contributed by atoms with E-state index in [0.717, 1.165) is 29.9 Å². The Morgan fingerprint density at radius 2 is 1.69 bits per heavy atom. The van der Waals surface area contributed by atoms with Crippen molar-refractivity contribution in [2.75, 3.05) is 14.2 Å². The number of methoxy groups -OCH3 is 2. The Morgan fingerprint density at radius 1 is 1.06 bits per heavy atom. The van der Waals surface area contributed by atoms with Gasteiger partial charge >= 0.3 is 0 Å². The fraction of sp³-hybridized carbons (Fsp3) is 0.571. The van der Waals surface area contributed by atoms with Crippen LogP contribution in [0.1, 0.15) is 38.3 Å². The zero-order chi connectivity index (χ0) is 12.6. The van der Waals surface area contributed by atoms with Crippen LogP contribution in [0.15, 0.2) is 12.1 Å². The van der Waals surface area contributed by atoms with Crippen LogP contribution in [0.5, 0.6) is 11.5 Å². The molecule has 0 atom stereocenters. The molecule has 0 aliphatic carbocycles. The molecule has 0 unspecified atom stereocenters. The summed E-state index contributed by atoms with van der Waals surface area (Å²) in [6.07, 6.45) is 2.23. The van der Waals surface area contributed by atoms with Gasteiger partial charge < -0.3 is 9.47 Å². The lowest BCUT2D eigenvalue weighted by Gasteiger charge is -2.12. The highest BCUT2D eigenvalue weighted by Crippen LogP contribution is 2.32. The highest BCUT2D eigenvalue weighted by molar-refractivity contribution is 5.48. The van der Waals surface area contributed by atoms with Crippen molar-refractivity contribution in [3.8, 4) is 11.5 Å². The molecule has 0 saturated heterocycles. The fourth-order valence-electron chi connectivity index (χ4n) is 1.66. The van der Waals surface area contributed by atoms with Crippen molar-refractivity contribution in [2.45, 2.75) is 40.5 Å². The molecule has 1 rings (SSSR count). The standard InChI is InChI=1S/C12H18O2.C2H6/c1-5-6-10-7-9(2)12(14-4)11(8-10)13-3;1-2/h7-8H,5-6H2,1-4H3;1-2H3. The quantitative estimate of drug-likeness (QED) is 0.770. The second-order valence-electron chi connectivity index (χ2n) is 3.40. The lowest BCUT2D eigenvalue weighted by molar-refractivity contribution is 0.352. The number of ether oxygens (including phenoxy) is 2. The highest BCUT2D eigenvalue weighted by Gasteiger charge is 2.08. The largest absolute Gasteiger partial charge is 0.493 e. The maximum Gasteiger partial charge on any atom is 0.163 e. The Hall–Kier alpha value is -1.18. The van der Waals surface area contributed by atoms with Gasteiger partial charge in [-0.25, -0.2) is 0 Å². The summed E-state index contributed by atoms with van der Waals surface area (Å²) >= 11 is 0. The number of hydrogen-bond donors (Lipinski definition) is 0. The first kappa shape index (κ1) is 14.8. The summed E-state index contributed by atoms with van der Waals surface area (Å²) in [6.45, 7) is 8.21. The van der Waals surface area contributed by atoms with Gasteiger partial charge in [-0.05, 0) is 30.5 Å². The molecular formula is C14H24O2. The maximum atomic E-state index is 5.28. The average Bonchev–Trinajstić information content (AvgIpc) is 2.31. The topological polar surface area (TPSA) is 18.5 Å². The Kier molecular flexibility index (Phi) is 7.44. The summed E-state index contributed by atoms with van der Waals surface area (Å²) in [5.41, 5.74) is 2.44. The van der Waals surface area contributed by atoms with Crippen LogP contribution in [-0.4, -0.2) is 14.2 Å². The van der Waals surface area contributed by atoms with Gasteiger partial charge in [0, 0.05) is 0 Å². The van der Waals surface area contributed by atoms with Crippen LogP contribution < -0.4 is 9.47 Å². The van der Waals surface area contributed by atoms with Gasteiger partial charge in [-0.1, -0.05) is 33.3 Å². The van der Waals surface area contributed by atoms with E-state index in [2.05, 4.69) is 19.1 Å². The number of hydrogen-bond acceptors (Lipinski definition) is 2. The Morgan fingerprint density at radius 3 is 2.12 bits per heavy atom. The van der Waals surface area contributed by atoms with Crippen LogP contribution in [0.25, 0.3) is 0 Å². The summed E-state index contributed by atoms with van der Waals surface area (Å²) < 4.78 is 10.6. The van der Waals surface area contributed by atoms with Gasteiger partial charge in [0.05, 0.1) is 14.2 Å². The van der Waals surface area contributed by atoms with E-state index in [-0.39, 0.29) is 0 Å². The number of rotatable bonds is 4. The van der Waals surface area contributed by atoms with Gasteiger partial charge in [0.1, 0.15) is 0 Å². The van der Waals surface area contributed by atoms with Gasteiger partial charge in [0.2, 0.25) is 0 Å². The summed E-state index contributed by atoms with van der Waals surface area (Å²) in [4.78, 5) is 0. The molecule has 0 bridgehead atoms. The van der Waals surface area contributed by atoms with Crippen LogP contribution in [0.4, 0.5) is 0 Å². The summed E-state index contributed by atoms with van der Waals surface area (Å²) in [5, 5.41) is 0. The third-order valence-electron chi connectivity index (χ3n) is 2.26. The molecule has 0 radical (unpaired) electrons. The molecule has 0 amide bonds. The SMILES string of the molecule is CC.CCCc1cc(C)c(OC)c(OC)c1. The lowest BCUT2D eigenvalue weighted by Crippen LogP contribution is -1.95. The third-order valence-corrected chi connectivity index (χ3v) is 2.26. The van der Waals surface area contributed by atoms with E-state index < -0.39 is 0 Å². The minimum Gasteiger partial charge on any atom is -0.493 e. The summed E-state index contributed by atoms with van der Waals surface area (Å²) in [5.74, 6) is 1.67. The van der Waals surface area contributed by atoms with Crippen molar-refractivity contribution < 1.29 is 9.47 Å². The minimum absolute atomic E-state index is 0.830. The molecular weight excluding hydrogens is 200 g/mol. The van der Waals surface area contributed by atoms with Crippen LogP contribution in [-0.2, 0) is 6.42 Å². The first-order valence-corrected chi connectivity index (χ1v) is 5.94. The number of benzene rings is 1. The van der Waals surface area contributed by atoms with Gasteiger partial charge in [-0.15, -0.1) is 0 Å². The van der Waals surface area contributed by atoms with Crippen molar-refractivity contribution in [2.24, 2.45) is 0 Å². The lowest BCUT2D eigenvalue weighted by atomic mass is 10.1. The zero-order valence-electron chi connectivity index (χ0n) is 11.4. The van der Waals surface area contributed by atoms with Crippen LogP contribution in [0.3, 0.4) is 0 Å². The number of aryl methyl sites for hydroxylation is 2. The van der Waals surface area contributed by atoms with E-state index in [1.165, 1.54) is 5.56 Å². The molecule has 1 aromatic carbocycles. The van der Waals surface area contributed by atoms with E-state index in [0.29, 0.717) is 0 Å². The Labute approximate surface area is 99.6 Å². The molecule has 1 aromatic rings. The Bertz CT molecular complexity index is 306. The fourth-order valence-corrected chi connectivity index (χ4v) is 1.66. The molecule has 2 heteroatoms. The van der Waals surface area contributed by atoms with Crippen molar-refractivity contribution in [1.82, 2.24) is 0 Å². The Balaban J connectivity index is 0.00000106. The van der Waals surface area contributed by atoms with Crippen molar-refractivity contribution >= 4 is 0 Å². The summed E-state index contributed by atoms with van der Waals surface area (Å²) in [7, 11) is 3.34. The first-order chi connectivity index (χ1) is 7.72. The zero-order valence-corrected chi connectivity index (χ0v) is 11.4. The molecule has 0 spiro atoms.